The third-order valence-corrected chi connectivity index (χ3v) is 2.05. The Balaban J connectivity index is 2.34. The van der Waals surface area contributed by atoms with Gasteiger partial charge >= 0.3 is 0 Å². The highest BCUT2D eigenvalue weighted by Crippen LogP contribution is 2.18. The minimum absolute atomic E-state index is 0.916. The van der Waals surface area contributed by atoms with Crippen LogP contribution in [0.4, 0.5) is 0 Å². The fraction of sp³-hybridized carbons (Fsp3) is 1.00. The van der Waals surface area contributed by atoms with Crippen LogP contribution in [0.1, 0.15) is 20.3 Å². The first-order valence-corrected chi connectivity index (χ1v) is 3.87. The first kappa shape index (κ1) is 7.07. The zero-order chi connectivity index (χ0) is 6.85. The number of rotatable bonds is 0. The van der Waals surface area contributed by atoms with Crippen LogP contribution in [0.2, 0.25) is 0 Å². The summed E-state index contributed by atoms with van der Waals surface area (Å²) in [5.41, 5.74) is 0. The molecule has 0 aromatic heterocycles. The van der Waals surface area contributed by atoms with Gasteiger partial charge in [0.1, 0.15) is 0 Å². The van der Waals surface area contributed by atoms with Crippen molar-refractivity contribution in [1.29, 1.82) is 0 Å². The van der Waals surface area contributed by atoms with Crippen molar-refractivity contribution < 1.29 is 0 Å². The van der Waals surface area contributed by atoms with Gasteiger partial charge in [0.2, 0.25) is 0 Å². The van der Waals surface area contributed by atoms with Crippen LogP contribution in [0.15, 0.2) is 0 Å². The van der Waals surface area contributed by atoms with Crippen molar-refractivity contribution in [3.05, 3.63) is 0 Å². The molecule has 0 aliphatic carbocycles. The minimum atomic E-state index is 0.916. The fourth-order valence-corrected chi connectivity index (χ4v) is 1.97. The van der Waals surface area contributed by atoms with E-state index in [0.717, 1.165) is 11.8 Å². The molecule has 1 heterocycles. The predicted molar refractivity (Wildman–Crippen MR) is 40.4 cm³/mol. The SMILES string of the molecule is CC1C[C@H](C)CN(C)C1. The van der Waals surface area contributed by atoms with E-state index in [1.807, 2.05) is 0 Å². The monoisotopic (exact) mass is 127 g/mol. The molecule has 0 N–H and O–H groups in total. The average Bonchev–Trinajstić information content (AvgIpc) is 1.59. The van der Waals surface area contributed by atoms with Gasteiger partial charge in [-0.15, -0.1) is 0 Å². The van der Waals surface area contributed by atoms with Crippen molar-refractivity contribution in [2.75, 3.05) is 20.1 Å². The number of piperidine rings is 1. The van der Waals surface area contributed by atoms with Crippen LogP contribution < -0.4 is 0 Å². The van der Waals surface area contributed by atoms with Crippen molar-refractivity contribution in [3.63, 3.8) is 0 Å². The molecule has 1 aliphatic heterocycles. The molecule has 1 aliphatic rings. The molecule has 0 aromatic rings. The molecule has 2 atom stereocenters. The van der Waals surface area contributed by atoms with Crippen LogP contribution in [-0.2, 0) is 0 Å². The van der Waals surface area contributed by atoms with E-state index in [0.29, 0.717) is 0 Å². The fourth-order valence-electron chi connectivity index (χ4n) is 1.97. The summed E-state index contributed by atoms with van der Waals surface area (Å²) in [6.45, 7) is 7.27. The van der Waals surface area contributed by atoms with Gasteiger partial charge in [-0.05, 0) is 25.3 Å². The van der Waals surface area contributed by atoms with Gasteiger partial charge in [0, 0.05) is 13.1 Å². The second-order valence-electron chi connectivity index (χ2n) is 3.67. The molecule has 9 heavy (non-hydrogen) atoms. The van der Waals surface area contributed by atoms with Crippen LogP contribution in [0.3, 0.4) is 0 Å². The lowest BCUT2D eigenvalue weighted by Gasteiger charge is -2.31. The van der Waals surface area contributed by atoms with Crippen LogP contribution in [0.25, 0.3) is 0 Å². The predicted octanol–water partition coefficient (Wildman–Crippen LogP) is 1.59. The Labute approximate surface area is 58.0 Å². The lowest BCUT2D eigenvalue weighted by atomic mass is 9.92. The minimum Gasteiger partial charge on any atom is -0.306 e. The summed E-state index contributed by atoms with van der Waals surface area (Å²) in [6, 6.07) is 0. The van der Waals surface area contributed by atoms with Gasteiger partial charge in [0.15, 0.2) is 0 Å². The highest BCUT2D eigenvalue weighted by Gasteiger charge is 2.17. The molecule has 0 radical (unpaired) electrons. The lowest BCUT2D eigenvalue weighted by Crippen LogP contribution is -2.35. The molecule has 0 amide bonds. The van der Waals surface area contributed by atoms with E-state index in [4.69, 9.17) is 0 Å². The number of nitrogens with zero attached hydrogens (tertiary/aromatic N) is 1. The molecule has 1 nitrogen and oxygen atoms in total. The summed E-state index contributed by atoms with van der Waals surface area (Å²) in [5, 5.41) is 0. The Bertz CT molecular complexity index is 65.5. The van der Waals surface area contributed by atoms with Crippen molar-refractivity contribution in [2.24, 2.45) is 11.8 Å². The van der Waals surface area contributed by atoms with E-state index >= 15 is 0 Å². The Hall–Kier alpha value is -0.0400. The maximum absolute atomic E-state index is 2.43. The van der Waals surface area contributed by atoms with Gasteiger partial charge in [-0.3, -0.25) is 0 Å². The van der Waals surface area contributed by atoms with E-state index in [2.05, 4.69) is 25.8 Å². The normalized spacial score (nSPS) is 39.0. The zero-order valence-corrected chi connectivity index (χ0v) is 6.72. The third kappa shape index (κ3) is 1.98. The van der Waals surface area contributed by atoms with Crippen LogP contribution in [0, 0.1) is 11.8 Å². The first-order chi connectivity index (χ1) is 4.18. The summed E-state index contributed by atoms with van der Waals surface area (Å²) >= 11 is 0. The molecule has 1 fully saturated rings. The molecule has 54 valence electrons. The van der Waals surface area contributed by atoms with E-state index in [-0.39, 0.29) is 0 Å². The van der Waals surface area contributed by atoms with Gasteiger partial charge in [0.25, 0.3) is 0 Å². The van der Waals surface area contributed by atoms with Crippen molar-refractivity contribution in [2.45, 2.75) is 20.3 Å². The highest BCUT2D eigenvalue weighted by molar-refractivity contribution is 4.71. The summed E-state index contributed by atoms with van der Waals surface area (Å²) in [5.74, 6) is 1.83. The second kappa shape index (κ2) is 2.70. The summed E-state index contributed by atoms with van der Waals surface area (Å²) < 4.78 is 0. The Morgan fingerprint density at radius 1 is 1.11 bits per heavy atom. The van der Waals surface area contributed by atoms with Gasteiger partial charge in [-0.25, -0.2) is 0 Å². The zero-order valence-electron chi connectivity index (χ0n) is 6.72. The lowest BCUT2D eigenvalue weighted by molar-refractivity contribution is 0.171. The molecule has 0 saturated carbocycles. The van der Waals surface area contributed by atoms with E-state index in [9.17, 15) is 0 Å². The Morgan fingerprint density at radius 3 is 1.89 bits per heavy atom. The van der Waals surface area contributed by atoms with E-state index in [1.165, 1.54) is 19.5 Å². The summed E-state index contributed by atoms with van der Waals surface area (Å²) in [7, 11) is 2.21. The highest BCUT2D eigenvalue weighted by atomic mass is 15.1. The summed E-state index contributed by atoms with van der Waals surface area (Å²) in [6.07, 6.45) is 1.42. The van der Waals surface area contributed by atoms with Crippen LogP contribution in [0.5, 0.6) is 0 Å². The van der Waals surface area contributed by atoms with Crippen molar-refractivity contribution in [3.8, 4) is 0 Å². The number of hydrogen-bond acceptors (Lipinski definition) is 1. The molecule has 1 heteroatoms. The van der Waals surface area contributed by atoms with E-state index < -0.39 is 0 Å². The van der Waals surface area contributed by atoms with Crippen molar-refractivity contribution >= 4 is 0 Å². The van der Waals surface area contributed by atoms with Gasteiger partial charge in [0.05, 0.1) is 0 Å². The molecule has 1 saturated heterocycles. The third-order valence-electron chi connectivity index (χ3n) is 2.05. The summed E-state index contributed by atoms with van der Waals surface area (Å²) in [4.78, 5) is 2.43. The molecule has 1 unspecified atom stereocenters. The Morgan fingerprint density at radius 2 is 1.56 bits per heavy atom. The molecule has 0 aromatic carbocycles. The van der Waals surface area contributed by atoms with Crippen LogP contribution in [-0.4, -0.2) is 25.0 Å². The first-order valence-electron chi connectivity index (χ1n) is 3.87. The topological polar surface area (TPSA) is 3.24 Å². The maximum atomic E-state index is 2.43. The molecule has 1 rings (SSSR count). The van der Waals surface area contributed by atoms with Crippen molar-refractivity contribution in [1.82, 2.24) is 4.90 Å². The standard InChI is InChI=1S/C8H17N/c1-7-4-8(2)6-9(3)5-7/h7-8H,4-6H2,1-3H3/t7-,8?/m0/s1. The maximum Gasteiger partial charge on any atom is 0.000419 e. The quantitative estimate of drug-likeness (QED) is 0.477. The largest absolute Gasteiger partial charge is 0.306 e. The second-order valence-corrected chi connectivity index (χ2v) is 3.67. The molecular weight excluding hydrogens is 110 g/mol. The van der Waals surface area contributed by atoms with Gasteiger partial charge < -0.3 is 4.90 Å². The average molecular weight is 127 g/mol. The van der Waals surface area contributed by atoms with Gasteiger partial charge in [-0.1, -0.05) is 13.8 Å². The Kier molecular flexibility index (Phi) is 2.12. The number of likely N-dealkylation sites (tertiary alicyclic amines) is 1. The smallest absolute Gasteiger partial charge is 0.000419 e. The molecule has 0 spiro atoms. The molecular formula is C8H17N. The number of hydrogen-bond donors (Lipinski definition) is 0. The van der Waals surface area contributed by atoms with Crippen LogP contribution >= 0.6 is 0 Å². The molecule has 0 bridgehead atoms. The van der Waals surface area contributed by atoms with E-state index in [1.54, 1.807) is 0 Å². The van der Waals surface area contributed by atoms with Gasteiger partial charge in [-0.2, -0.15) is 0 Å².